The van der Waals surface area contributed by atoms with Gasteiger partial charge in [0.1, 0.15) is 17.5 Å². The van der Waals surface area contributed by atoms with Crippen molar-refractivity contribution in [1.82, 2.24) is 15.1 Å². The second-order valence-electron chi connectivity index (χ2n) is 5.77. The topological polar surface area (TPSA) is 73.1 Å². The van der Waals surface area contributed by atoms with E-state index in [-0.39, 0.29) is 6.04 Å². The normalized spacial score (nSPS) is 12.4. The molecule has 0 bridgehead atoms. The molecular formula is C18H22N4O2. The number of methoxy groups -OCH3 is 1. The number of ether oxygens (including phenoxy) is 1. The molecule has 3 rings (SSSR count). The SMILES string of the molecule is COCCCC[C@H](Nc1ncnc2onc(C)c12)c1ccccc1. The van der Waals surface area contributed by atoms with E-state index in [1.807, 2.05) is 13.0 Å². The van der Waals surface area contributed by atoms with Crippen LogP contribution in [0.2, 0.25) is 0 Å². The molecule has 0 aliphatic heterocycles. The molecule has 6 nitrogen and oxygen atoms in total. The van der Waals surface area contributed by atoms with Gasteiger partial charge in [-0.15, -0.1) is 0 Å². The molecule has 24 heavy (non-hydrogen) atoms. The quantitative estimate of drug-likeness (QED) is 0.633. The molecule has 126 valence electrons. The summed E-state index contributed by atoms with van der Waals surface area (Å²) in [6, 6.07) is 10.6. The van der Waals surface area contributed by atoms with E-state index in [9.17, 15) is 0 Å². The Kier molecular flexibility index (Phi) is 5.38. The van der Waals surface area contributed by atoms with Crippen molar-refractivity contribution in [1.29, 1.82) is 0 Å². The van der Waals surface area contributed by atoms with Crippen LogP contribution in [-0.2, 0) is 4.74 Å². The summed E-state index contributed by atoms with van der Waals surface area (Å²) in [6.07, 6.45) is 4.59. The van der Waals surface area contributed by atoms with E-state index in [1.165, 1.54) is 11.9 Å². The van der Waals surface area contributed by atoms with Gasteiger partial charge in [-0.05, 0) is 31.7 Å². The first kappa shape index (κ1) is 16.4. The van der Waals surface area contributed by atoms with Gasteiger partial charge >= 0.3 is 0 Å². The van der Waals surface area contributed by atoms with Crippen LogP contribution in [0.25, 0.3) is 11.1 Å². The molecule has 1 aromatic carbocycles. The van der Waals surface area contributed by atoms with Crippen LogP contribution in [0.1, 0.15) is 36.6 Å². The zero-order chi connectivity index (χ0) is 16.8. The summed E-state index contributed by atoms with van der Waals surface area (Å²) in [5, 5.41) is 8.38. The van der Waals surface area contributed by atoms with Gasteiger partial charge in [0, 0.05) is 13.7 Å². The summed E-state index contributed by atoms with van der Waals surface area (Å²) >= 11 is 0. The molecule has 0 saturated heterocycles. The van der Waals surface area contributed by atoms with Crippen molar-refractivity contribution in [3.8, 4) is 0 Å². The smallest absolute Gasteiger partial charge is 0.263 e. The fourth-order valence-electron chi connectivity index (χ4n) is 2.80. The van der Waals surface area contributed by atoms with Crippen LogP contribution in [0.3, 0.4) is 0 Å². The summed E-state index contributed by atoms with van der Waals surface area (Å²) < 4.78 is 10.4. The van der Waals surface area contributed by atoms with E-state index in [1.54, 1.807) is 7.11 Å². The minimum atomic E-state index is 0.162. The lowest BCUT2D eigenvalue weighted by molar-refractivity contribution is 0.191. The lowest BCUT2D eigenvalue weighted by atomic mass is 10.0. The first-order valence-corrected chi connectivity index (χ1v) is 8.17. The summed E-state index contributed by atoms with van der Waals surface area (Å²) in [5.41, 5.74) is 2.53. The fraction of sp³-hybridized carbons (Fsp3) is 0.389. The number of hydrogen-bond acceptors (Lipinski definition) is 6. The van der Waals surface area contributed by atoms with Crippen LogP contribution in [0.4, 0.5) is 5.82 Å². The molecule has 3 aromatic rings. The molecule has 0 unspecified atom stereocenters. The maximum Gasteiger partial charge on any atom is 0.263 e. The van der Waals surface area contributed by atoms with Crippen molar-refractivity contribution in [2.24, 2.45) is 0 Å². The molecule has 0 amide bonds. The number of benzene rings is 1. The maximum absolute atomic E-state index is 5.23. The van der Waals surface area contributed by atoms with Crippen molar-refractivity contribution >= 4 is 16.9 Å². The molecule has 1 atom stereocenters. The van der Waals surface area contributed by atoms with Crippen LogP contribution in [0.5, 0.6) is 0 Å². The van der Waals surface area contributed by atoms with Gasteiger partial charge in [-0.3, -0.25) is 0 Å². The molecule has 0 aliphatic carbocycles. The van der Waals surface area contributed by atoms with Crippen molar-refractivity contribution < 1.29 is 9.26 Å². The highest BCUT2D eigenvalue weighted by molar-refractivity contribution is 5.87. The molecular weight excluding hydrogens is 304 g/mol. The number of aromatic nitrogens is 3. The van der Waals surface area contributed by atoms with Crippen molar-refractivity contribution in [3.05, 3.63) is 47.9 Å². The summed E-state index contributed by atoms with van der Waals surface area (Å²) in [6.45, 7) is 2.68. The van der Waals surface area contributed by atoms with E-state index in [0.717, 1.165) is 42.8 Å². The Balaban J connectivity index is 1.83. The zero-order valence-corrected chi connectivity index (χ0v) is 14.0. The highest BCUT2D eigenvalue weighted by Crippen LogP contribution is 2.28. The highest BCUT2D eigenvalue weighted by atomic mass is 16.5. The first-order valence-electron chi connectivity index (χ1n) is 8.17. The largest absolute Gasteiger partial charge is 0.385 e. The fourth-order valence-corrected chi connectivity index (χ4v) is 2.80. The molecule has 0 fully saturated rings. The number of hydrogen-bond donors (Lipinski definition) is 1. The second-order valence-corrected chi connectivity index (χ2v) is 5.77. The van der Waals surface area contributed by atoms with Crippen LogP contribution in [-0.4, -0.2) is 28.8 Å². The van der Waals surface area contributed by atoms with Crippen LogP contribution >= 0.6 is 0 Å². The lowest BCUT2D eigenvalue weighted by Crippen LogP contribution is -2.12. The van der Waals surface area contributed by atoms with E-state index in [0.29, 0.717) is 5.71 Å². The predicted octanol–water partition coefficient (Wildman–Crippen LogP) is 3.90. The van der Waals surface area contributed by atoms with Crippen molar-refractivity contribution in [2.45, 2.75) is 32.2 Å². The molecule has 1 N–H and O–H groups in total. The van der Waals surface area contributed by atoms with Crippen LogP contribution < -0.4 is 5.32 Å². The van der Waals surface area contributed by atoms with Gasteiger partial charge in [0.25, 0.3) is 5.71 Å². The van der Waals surface area contributed by atoms with Gasteiger partial charge in [-0.1, -0.05) is 35.5 Å². The third-order valence-electron chi connectivity index (χ3n) is 4.05. The Hall–Kier alpha value is -2.47. The van der Waals surface area contributed by atoms with E-state index in [2.05, 4.69) is 44.7 Å². The number of nitrogens with zero attached hydrogens (tertiary/aromatic N) is 3. The van der Waals surface area contributed by atoms with Gasteiger partial charge in [0.15, 0.2) is 0 Å². The highest BCUT2D eigenvalue weighted by Gasteiger charge is 2.17. The molecule has 0 aliphatic rings. The monoisotopic (exact) mass is 326 g/mol. The van der Waals surface area contributed by atoms with Crippen LogP contribution in [0, 0.1) is 6.92 Å². The number of nitrogens with one attached hydrogen (secondary N) is 1. The minimum absolute atomic E-state index is 0.162. The Morgan fingerprint density at radius 1 is 1.17 bits per heavy atom. The third kappa shape index (κ3) is 3.71. The Labute approximate surface area is 141 Å². The molecule has 0 saturated carbocycles. The number of unbranched alkanes of at least 4 members (excludes halogenated alkanes) is 1. The molecule has 0 spiro atoms. The molecule has 2 aromatic heterocycles. The zero-order valence-electron chi connectivity index (χ0n) is 14.0. The average Bonchev–Trinajstić information content (AvgIpc) is 3.00. The molecule has 0 radical (unpaired) electrons. The Bertz CT molecular complexity index is 773. The number of rotatable bonds is 8. The summed E-state index contributed by atoms with van der Waals surface area (Å²) in [5.74, 6) is 0.763. The van der Waals surface area contributed by atoms with Gasteiger partial charge in [-0.2, -0.15) is 4.98 Å². The third-order valence-corrected chi connectivity index (χ3v) is 4.05. The standard InChI is InChI=1S/C18H22N4O2/c1-13-16-17(19-12-20-18(16)24-22-13)21-15(10-6-7-11-23-2)14-8-4-3-5-9-14/h3-5,8-9,12,15H,6-7,10-11H2,1-2H3,(H,19,20,21)/t15-/m0/s1. The number of anilines is 1. The molecule has 6 heteroatoms. The average molecular weight is 326 g/mol. The summed E-state index contributed by atoms with van der Waals surface area (Å²) in [4.78, 5) is 8.54. The molecule has 2 heterocycles. The van der Waals surface area contributed by atoms with E-state index >= 15 is 0 Å². The second kappa shape index (κ2) is 7.88. The van der Waals surface area contributed by atoms with E-state index in [4.69, 9.17) is 9.26 Å². The predicted molar refractivity (Wildman–Crippen MR) is 92.9 cm³/mol. The van der Waals surface area contributed by atoms with E-state index < -0.39 is 0 Å². The Morgan fingerprint density at radius 3 is 2.79 bits per heavy atom. The number of aryl methyl sites for hydroxylation is 1. The van der Waals surface area contributed by atoms with Gasteiger partial charge in [0.2, 0.25) is 0 Å². The first-order chi connectivity index (χ1) is 11.8. The van der Waals surface area contributed by atoms with Gasteiger partial charge in [0.05, 0.1) is 11.7 Å². The van der Waals surface area contributed by atoms with Crippen molar-refractivity contribution in [2.75, 3.05) is 19.0 Å². The number of fused-ring (bicyclic) bond motifs is 1. The van der Waals surface area contributed by atoms with Crippen molar-refractivity contribution in [3.63, 3.8) is 0 Å². The minimum Gasteiger partial charge on any atom is -0.385 e. The Morgan fingerprint density at radius 2 is 2.00 bits per heavy atom. The van der Waals surface area contributed by atoms with Crippen LogP contribution in [0.15, 0.2) is 41.2 Å². The lowest BCUT2D eigenvalue weighted by Gasteiger charge is -2.20. The summed E-state index contributed by atoms with van der Waals surface area (Å²) in [7, 11) is 1.74. The van der Waals surface area contributed by atoms with Gasteiger partial charge < -0.3 is 14.6 Å². The maximum atomic E-state index is 5.23. The van der Waals surface area contributed by atoms with Gasteiger partial charge in [-0.25, -0.2) is 4.98 Å².